The first kappa shape index (κ1) is 10.5. The number of rotatable bonds is 3. The van der Waals surface area contributed by atoms with E-state index < -0.39 is 0 Å². The predicted molar refractivity (Wildman–Crippen MR) is 55.6 cm³/mol. The summed E-state index contributed by atoms with van der Waals surface area (Å²) in [5.74, 6) is 1.05. The molecule has 1 atom stereocenters. The van der Waals surface area contributed by atoms with E-state index in [1.165, 1.54) is 25.7 Å². The summed E-state index contributed by atoms with van der Waals surface area (Å²) >= 11 is 0. The monoisotopic (exact) mass is 180 g/mol. The molecular formula is C12H20O. The number of carbonyl (C=O) groups is 1. The molecule has 0 aliphatic heterocycles. The summed E-state index contributed by atoms with van der Waals surface area (Å²) in [4.78, 5) is 10.9. The molecule has 1 heteroatoms. The third-order valence-corrected chi connectivity index (χ3v) is 3.01. The third kappa shape index (κ3) is 3.33. The van der Waals surface area contributed by atoms with Gasteiger partial charge >= 0.3 is 0 Å². The van der Waals surface area contributed by atoms with Gasteiger partial charge in [-0.2, -0.15) is 0 Å². The molecule has 0 heterocycles. The quantitative estimate of drug-likeness (QED) is 0.607. The topological polar surface area (TPSA) is 17.1 Å². The zero-order valence-electron chi connectivity index (χ0n) is 8.81. The maximum Gasteiger partial charge on any atom is 0.129 e. The van der Waals surface area contributed by atoms with Gasteiger partial charge in [0.05, 0.1) is 0 Å². The highest BCUT2D eigenvalue weighted by molar-refractivity contribution is 5.75. The molecule has 13 heavy (non-hydrogen) atoms. The Balaban J connectivity index is 2.41. The molecule has 0 radical (unpaired) electrons. The van der Waals surface area contributed by atoms with Gasteiger partial charge in [0.25, 0.3) is 0 Å². The highest BCUT2D eigenvalue weighted by Crippen LogP contribution is 2.32. The van der Waals surface area contributed by atoms with Crippen molar-refractivity contribution >= 4 is 5.78 Å². The molecule has 1 unspecified atom stereocenters. The Kier molecular flexibility index (Phi) is 4.20. The molecule has 0 aromatic rings. The predicted octanol–water partition coefficient (Wildman–Crippen LogP) is 3.49. The molecule has 0 spiro atoms. The molecule has 0 N–H and O–H groups in total. The molecule has 1 aliphatic carbocycles. The van der Waals surface area contributed by atoms with Crippen LogP contribution >= 0.6 is 0 Å². The maximum atomic E-state index is 10.9. The van der Waals surface area contributed by atoms with E-state index in [1.54, 1.807) is 12.5 Å². The van der Waals surface area contributed by atoms with E-state index in [2.05, 4.69) is 13.0 Å². The average Bonchev–Trinajstić information content (AvgIpc) is 2.15. The van der Waals surface area contributed by atoms with Gasteiger partial charge in [-0.3, -0.25) is 0 Å². The lowest BCUT2D eigenvalue weighted by atomic mass is 9.81. The summed E-state index contributed by atoms with van der Waals surface area (Å²) in [6, 6.07) is 0. The van der Waals surface area contributed by atoms with Gasteiger partial charge in [-0.25, -0.2) is 0 Å². The standard InChI is InChI=1S/C12H20O/c1-3-11-6-4-5-7-12(11)9-8-10(2)13/h3,12H,4-9H2,1-2H3. The summed E-state index contributed by atoms with van der Waals surface area (Å²) in [5, 5.41) is 0. The number of allylic oxidation sites excluding steroid dienone is 2. The minimum absolute atomic E-state index is 0.334. The number of hydrogen-bond acceptors (Lipinski definition) is 1. The number of hydrogen-bond donors (Lipinski definition) is 0. The van der Waals surface area contributed by atoms with E-state index in [9.17, 15) is 4.79 Å². The normalized spacial score (nSPS) is 26.3. The van der Waals surface area contributed by atoms with Crippen LogP contribution in [0, 0.1) is 5.92 Å². The van der Waals surface area contributed by atoms with Gasteiger partial charge < -0.3 is 4.79 Å². The van der Waals surface area contributed by atoms with Crippen LogP contribution in [0.5, 0.6) is 0 Å². The van der Waals surface area contributed by atoms with Crippen molar-refractivity contribution in [3.8, 4) is 0 Å². The van der Waals surface area contributed by atoms with Crippen molar-refractivity contribution in [3.05, 3.63) is 11.6 Å². The number of ketones is 1. The van der Waals surface area contributed by atoms with Crippen molar-refractivity contribution in [2.75, 3.05) is 0 Å². The fourth-order valence-corrected chi connectivity index (χ4v) is 2.20. The smallest absolute Gasteiger partial charge is 0.129 e. The van der Waals surface area contributed by atoms with Gasteiger partial charge in [0.15, 0.2) is 0 Å². The summed E-state index contributed by atoms with van der Waals surface area (Å²) in [7, 11) is 0. The van der Waals surface area contributed by atoms with Crippen LogP contribution in [0.2, 0.25) is 0 Å². The molecule has 1 saturated carbocycles. The minimum Gasteiger partial charge on any atom is -0.300 e. The van der Waals surface area contributed by atoms with Crippen molar-refractivity contribution < 1.29 is 4.79 Å². The first-order valence-corrected chi connectivity index (χ1v) is 5.38. The lowest BCUT2D eigenvalue weighted by Crippen LogP contribution is -2.11. The summed E-state index contributed by atoms with van der Waals surface area (Å²) in [6.45, 7) is 3.82. The first-order valence-electron chi connectivity index (χ1n) is 5.38. The largest absolute Gasteiger partial charge is 0.300 e. The van der Waals surface area contributed by atoms with Crippen LogP contribution < -0.4 is 0 Å². The summed E-state index contributed by atoms with van der Waals surface area (Å²) in [5.41, 5.74) is 1.59. The average molecular weight is 180 g/mol. The van der Waals surface area contributed by atoms with Gasteiger partial charge in [-0.15, -0.1) is 0 Å². The molecule has 0 aromatic heterocycles. The Bertz CT molecular complexity index is 203. The molecule has 74 valence electrons. The SMILES string of the molecule is CC=C1CCCCC1CCC(C)=O. The van der Waals surface area contributed by atoms with Crippen LogP contribution in [0.25, 0.3) is 0 Å². The Morgan fingerprint density at radius 1 is 1.54 bits per heavy atom. The highest BCUT2D eigenvalue weighted by atomic mass is 16.1. The second kappa shape index (κ2) is 5.21. The second-order valence-corrected chi connectivity index (χ2v) is 4.05. The number of carbonyl (C=O) groups excluding carboxylic acids is 1. The van der Waals surface area contributed by atoms with Gasteiger partial charge in [0, 0.05) is 6.42 Å². The summed E-state index contributed by atoms with van der Waals surface area (Å²) < 4.78 is 0. The van der Waals surface area contributed by atoms with Crippen LogP contribution in [0.3, 0.4) is 0 Å². The van der Waals surface area contributed by atoms with E-state index in [0.717, 1.165) is 12.8 Å². The molecule has 0 aromatic carbocycles. The minimum atomic E-state index is 0.334. The van der Waals surface area contributed by atoms with E-state index in [1.807, 2.05) is 0 Å². The fourth-order valence-electron chi connectivity index (χ4n) is 2.20. The highest BCUT2D eigenvalue weighted by Gasteiger charge is 2.17. The zero-order chi connectivity index (χ0) is 9.68. The summed E-state index contributed by atoms with van der Waals surface area (Å²) in [6.07, 6.45) is 9.35. The Hall–Kier alpha value is -0.590. The Morgan fingerprint density at radius 2 is 2.31 bits per heavy atom. The molecular weight excluding hydrogens is 160 g/mol. The van der Waals surface area contributed by atoms with Gasteiger partial charge in [0.1, 0.15) is 5.78 Å². The lowest BCUT2D eigenvalue weighted by Gasteiger charge is -2.24. The molecule has 1 aliphatic rings. The van der Waals surface area contributed by atoms with Crippen LogP contribution in [0.15, 0.2) is 11.6 Å². The Morgan fingerprint density at radius 3 is 2.92 bits per heavy atom. The molecule has 0 amide bonds. The molecule has 0 bridgehead atoms. The number of Topliss-reactive ketones (excluding diaryl/α,β-unsaturated/α-hetero) is 1. The molecule has 0 saturated heterocycles. The Labute approximate surface area is 81.2 Å². The maximum absolute atomic E-state index is 10.9. The van der Waals surface area contributed by atoms with Crippen LogP contribution in [0.4, 0.5) is 0 Å². The van der Waals surface area contributed by atoms with E-state index in [4.69, 9.17) is 0 Å². The second-order valence-electron chi connectivity index (χ2n) is 4.05. The van der Waals surface area contributed by atoms with Crippen molar-refractivity contribution in [1.29, 1.82) is 0 Å². The van der Waals surface area contributed by atoms with E-state index >= 15 is 0 Å². The van der Waals surface area contributed by atoms with Gasteiger partial charge in [-0.1, -0.05) is 18.1 Å². The van der Waals surface area contributed by atoms with Crippen LogP contribution in [-0.2, 0) is 4.79 Å². The van der Waals surface area contributed by atoms with Gasteiger partial charge in [0.2, 0.25) is 0 Å². The van der Waals surface area contributed by atoms with Crippen molar-refractivity contribution in [3.63, 3.8) is 0 Å². The van der Waals surface area contributed by atoms with Crippen LogP contribution in [-0.4, -0.2) is 5.78 Å². The third-order valence-electron chi connectivity index (χ3n) is 3.01. The van der Waals surface area contributed by atoms with Crippen molar-refractivity contribution in [2.45, 2.75) is 52.4 Å². The van der Waals surface area contributed by atoms with Gasteiger partial charge in [-0.05, 0) is 45.4 Å². The fraction of sp³-hybridized carbons (Fsp3) is 0.750. The first-order chi connectivity index (χ1) is 6.24. The van der Waals surface area contributed by atoms with Crippen LogP contribution in [0.1, 0.15) is 52.4 Å². The van der Waals surface area contributed by atoms with E-state index in [-0.39, 0.29) is 0 Å². The molecule has 1 fully saturated rings. The van der Waals surface area contributed by atoms with Crippen molar-refractivity contribution in [2.24, 2.45) is 5.92 Å². The molecule has 1 nitrogen and oxygen atoms in total. The lowest BCUT2D eigenvalue weighted by molar-refractivity contribution is -0.117. The zero-order valence-corrected chi connectivity index (χ0v) is 8.81. The van der Waals surface area contributed by atoms with Crippen molar-refractivity contribution in [1.82, 2.24) is 0 Å². The molecule has 1 rings (SSSR count). The van der Waals surface area contributed by atoms with E-state index in [0.29, 0.717) is 11.7 Å².